The van der Waals surface area contributed by atoms with E-state index in [-0.39, 0.29) is 5.41 Å². The second-order valence-electron chi connectivity index (χ2n) is 6.84. The fourth-order valence-corrected chi connectivity index (χ4v) is 4.74. The Morgan fingerprint density at radius 3 is 2.95 bits per heavy atom. The number of carbonyl (C=O) groups is 1. The number of hydrogen-bond acceptors (Lipinski definition) is 2. The lowest BCUT2D eigenvalue weighted by molar-refractivity contribution is -0.126. The zero-order valence-corrected chi connectivity index (χ0v) is 11.9. The maximum atomic E-state index is 12.2. The van der Waals surface area contributed by atoms with Gasteiger partial charge < -0.3 is 5.11 Å². The van der Waals surface area contributed by atoms with Gasteiger partial charge in [-0.25, -0.2) is 0 Å². The molecule has 2 heteroatoms. The van der Waals surface area contributed by atoms with Gasteiger partial charge in [0, 0.05) is 11.8 Å². The summed E-state index contributed by atoms with van der Waals surface area (Å²) >= 11 is 0. The minimum atomic E-state index is -0.109. The van der Waals surface area contributed by atoms with E-state index in [1.165, 1.54) is 16.7 Å². The number of benzene rings is 1. The monoisotopic (exact) mass is 268 g/mol. The van der Waals surface area contributed by atoms with Crippen molar-refractivity contribution in [3.63, 3.8) is 0 Å². The van der Waals surface area contributed by atoms with Gasteiger partial charge in [-0.3, -0.25) is 4.79 Å². The molecule has 2 nitrogen and oxygen atoms in total. The normalized spacial score (nSPS) is 35.0. The van der Waals surface area contributed by atoms with Crippen LogP contribution in [0, 0.1) is 17.3 Å². The number of hydrogen-bond donors (Lipinski definition) is 1. The molecule has 1 aromatic carbocycles. The Hall–Kier alpha value is -1.57. The van der Waals surface area contributed by atoms with Crippen LogP contribution < -0.4 is 0 Å². The summed E-state index contributed by atoms with van der Waals surface area (Å²) in [5.41, 5.74) is 3.90. The van der Waals surface area contributed by atoms with Crippen molar-refractivity contribution in [1.29, 1.82) is 0 Å². The molecule has 0 spiro atoms. The van der Waals surface area contributed by atoms with Crippen molar-refractivity contribution < 1.29 is 9.90 Å². The molecule has 1 N–H and O–H groups in total. The van der Waals surface area contributed by atoms with Crippen molar-refractivity contribution in [1.82, 2.24) is 0 Å². The van der Waals surface area contributed by atoms with Crippen molar-refractivity contribution in [2.24, 2.45) is 17.3 Å². The minimum Gasteiger partial charge on any atom is -0.508 e. The molecule has 1 fully saturated rings. The zero-order chi connectivity index (χ0) is 13.9. The Morgan fingerprint density at radius 2 is 2.10 bits per heavy atom. The van der Waals surface area contributed by atoms with Crippen molar-refractivity contribution in [2.75, 3.05) is 0 Å². The fraction of sp³-hybridized carbons (Fsp3) is 0.500. The van der Waals surface area contributed by atoms with E-state index in [0.717, 1.165) is 32.1 Å². The highest BCUT2D eigenvalue weighted by Crippen LogP contribution is 2.56. The number of phenolic OH excluding ortho intramolecular Hbond substituents is 1. The summed E-state index contributed by atoms with van der Waals surface area (Å²) in [7, 11) is 0. The Balaban J connectivity index is 1.81. The quantitative estimate of drug-likeness (QED) is 0.778. The molecular weight excluding hydrogens is 248 g/mol. The molecule has 1 aromatic rings. The molecule has 20 heavy (non-hydrogen) atoms. The van der Waals surface area contributed by atoms with Crippen LogP contribution in [0.25, 0.3) is 5.57 Å². The largest absolute Gasteiger partial charge is 0.508 e. The van der Waals surface area contributed by atoms with E-state index in [0.29, 0.717) is 23.4 Å². The number of Topliss-reactive ketones (excluding diaryl/α,β-unsaturated/α-hetero) is 1. The van der Waals surface area contributed by atoms with Crippen LogP contribution in [0.5, 0.6) is 5.75 Å². The van der Waals surface area contributed by atoms with Crippen molar-refractivity contribution in [3.8, 4) is 5.75 Å². The standard InChI is InChI=1S/C18H20O2/c1-18-9-8-14-13-5-3-12(19)10-11(13)2-4-15(14)16(18)6-7-17(18)20/h3,5,8,10,15-16,19H,2,4,6-7,9H2,1H3/t15-,16-,18+/m1/s1. The highest BCUT2D eigenvalue weighted by Gasteiger charge is 2.51. The number of carbonyl (C=O) groups excluding carboxylic acids is 1. The molecule has 104 valence electrons. The average molecular weight is 268 g/mol. The summed E-state index contributed by atoms with van der Waals surface area (Å²) < 4.78 is 0. The number of aromatic hydroxyl groups is 1. The minimum absolute atomic E-state index is 0.109. The number of allylic oxidation sites excluding steroid dienone is 2. The molecular formula is C18H20O2. The molecule has 1 saturated carbocycles. The molecule has 3 atom stereocenters. The second-order valence-corrected chi connectivity index (χ2v) is 6.84. The van der Waals surface area contributed by atoms with Gasteiger partial charge in [-0.1, -0.05) is 19.1 Å². The number of aryl methyl sites for hydroxylation is 1. The van der Waals surface area contributed by atoms with Crippen LogP contribution in [0.1, 0.15) is 43.7 Å². The molecule has 0 bridgehead atoms. The summed E-state index contributed by atoms with van der Waals surface area (Å²) in [4.78, 5) is 12.2. The van der Waals surface area contributed by atoms with Crippen LogP contribution in [0.2, 0.25) is 0 Å². The molecule has 0 saturated heterocycles. The molecule has 0 radical (unpaired) electrons. The number of rotatable bonds is 0. The molecule has 4 rings (SSSR count). The van der Waals surface area contributed by atoms with Crippen molar-refractivity contribution in [3.05, 3.63) is 35.4 Å². The van der Waals surface area contributed by atoms with E-state index in [9.17, 15) is 9.90 Å². The Labute approximate surface area is 119 Å². The summed E-state index contributed by atoms with van der Waals surface area (Å²) in [5, 5.41) is 9.65. The van der Waals surface area contributed by atoms with E-state index in [2.05, 4.69) is 19.1 Å². The van der Waals surface area contributed by atoms with Crippen LogP contribution in [0.4, 0.5) is 0 Å². The topological polar surface area (TPSA) is 37.3 Å². The van der Waals surface area contributed by atoms with Crippen molar-refractivity contribution >= 4 is 11.4 Å². The Bertz CT molecular complexity index is 628. The zero-order valence-electron chi connectivity index (χ0n) is 11.9. The molecule has 0 heterocycles. The highest BCUT2D eigenvalue weighted by atomic mass is 16.3. The third-order valence-electron chi connectivity index (χ3n) is 5.89. The third-order valence-corrected chi connectivity index (χ3v) is 5.89. The maximum absolute atomic E-state index is 12.2. The third kappa shape index (κ3) is 1.48. The van der Waals surface area contributed by atoms with Gasteiger partial charge in [0.25, 0.3) is 0 Å². The van der Waals surface area contributed by atoms with Crippen LogP contribution in [-0.2, 0) is 11.2 Å². The number of ketones is 1. The Kier molecular flexibility index (Phi) is 2.42. The van der Waals surface area contributed by atoms with Gasteiger partial charge in [-0.15, -0.1) is 0 Å². The lowest BCUT2D eigenvalue weighted by atomic mass is 9.60. The maximum Gasteiger partial charge on any atom is 0.139 e. The molecule has 0 aliphatic heterocycles. The predicted molar refractivity (Wildman–Crippen MR) is 78.3 cm³/mol. The first-order valence-corrected chi connectivity index (χ1v) is 7.65. The van der Waals surface area contributed by atoms with Gasteiger partial charge in [0.05, 0.1) is 0 Å². The molecule has 3 aliphatic rings. The van der Waals surface area contributed by atoms with Crippen LogP contribution in [0.15, 0.2) is 24.3 Å². The van der Waals surface area contributed by atoms with Crippen LogP contribution in [0.3, 0.4) is 0 Å². The van der Waals surface area contributed by atoms with Gasteiger partial charge in [-0.05, 0) is 66.4 Å². The molecule has 0 aromatic heterocycles. The van der Waals surface area contributed by atoms with Crippen LogP contribution in [-0.4, -0.2) is 10.9 Å². The smallest absolute Gasteiger partial charge is 0.139 e. The van der Waals surface area contributed by atoms with Crippen molar-refractivity contribution in [2.45, 2.75) is 39.0 Å². The predicted octanol–water partition coefficient (Wildman–Crippen LogP) is 3.73. The molecule has 3 aliphatic carbocycles. The lowest BCUT2D eigenvalue weighted by Crippen LogP contribution is -2.38. The van der Waals surface area contributed by atoms with Gasteiger partial charge in [0.15, 0.2) is 0 Å². The first-order chi connectivity index (χ1) is 9.59. The first kappa shape index (κ1) is 12.2. The summed E-state index contributed by atoms with van der Waals surface area (Å²) in [6.07, 6.45) is 7.16. The number of fused-ring (bicyclic) bond motifs is 5. The van der Waals surface area contributed by atoms with Gasteiger partial charge in [0.2, 0.25) is 0 Å². The SMILES string of the molecule is C[C@]12CC=C3c4ccc(O)cc4CC[C@H]3[C@H]1CCC2=O. The average Bonchev–Trinajstić information content (AvgIpc) is 2.74. The highest BCUT2D eigenvalue weighted by molar-refractivity contribution is 5.89. The van der Waals surface area contributed by atoms with Crippen LogP contribution >= 0.6 is 0 Å². The summed E-state index contributed by atoms with van der Waals surface area (Å²) in [6, 6.07) is 5.75. The lowest BCUT2D eigenvalue weighted by Gasteiger charge is -2.43. The summed E-state index contributed by atoms with van der Waals surface area (Å²) in [5.74, 6) is 1.89. The second kappa shape index (κ2) is 3.97. The Morgan fingerprint density at radius 1 is 1.25 bits per heavy atom. The van der Waals surface area contributed by atoms with E-state index >= 15 is 0 Å². The van der Waals surface area contributed by atoms with E-state index in [1.54, 1.807) is 6.07 Å². The van der Waals surface area contributed by atoms with Gasteiger partial charge >= 0.3 is 0 Å². The van der Waals surface area contributed by atoms with E-state index in [1.807, 2.05) is 6.07 Å². The van der Waals surface area contributed by atoms with Gasteiger partial charge in [0.1, 0.15) is 11.5 Å². The number of phenols is 1. The summed E-state index contributed by atoms with van der Waals surface area (Å²) in [6.45, 7) is 2.17. The molecule has 0 unspecified atom stereocenters. The molecule has 0 amide bonds. The van der Waals surface area contributed by atoms with E-state index in [4.69, 9.17) is 0 Å². The van der Waals surface area contributed by atoms with Gasteiger partial charge in [-0.2, -0.15) is 0 Å². The fourth-order valence-electron chi connectivity index (χ4n) is 4.74. The first-order valence-electron chi connectivity index (χ1n) is 7.65. The van der Waals surface area contributed by atoms with E-state index < -0.39 is 0 Å².